The molecular weight excluding hydrogens is 358 g/mol. The van der Waals surface area contributed by atoms with E-state index >= 15 is 0 Å². The topological polar surface area (TPSA) is 74.5 Å². The second-order valence-electron chi connectivity index (χ2n) is 7.49. The minimum absolute atomic E-state index is 0.0641. The highest BCUT2D eigenvalue weighted by Gasteiger charge is 2.45. The largest absolute Gasteiger partial charge is 0.493 e. The van der Waals surface area contributed by atoms with Gasteiger partial charge in [0.05, 0.1) is 39.5 Å². The molecule has 0 spiro atoms. The number of nitrogens with zero attached hydrogens (tertiary/aromatic N) is 5. The second-order valence-corrected chi connectivity index (χ2v) is 7.49. The Labute approximate surface area is 165 Å². The van der Waals surface area contributed by atoms with E-state index in [4.69, 9.17) is 19.3 Å². The zero-order valence-corrected chi connectivity index (χ0v) is 16.8. The third kappa shape index (κ3) is 3.71. The van der Waals surface area contributed by atoms with Crippen LogP contribution in [0.15, 0.2) is 18.2 Å². The molecule has 8 nitrogen and oxygen atoms in total. The fraction of sp³-hybridized carbons (Fsp3) is 0.650. The Hall–Kier alpha value is -2.19. The predicted molar refractivity (Wildman–Crippen MR) is 104 cm³/mol. The number of aromatic nitrogens is 4. The maximum absolute atomic E-state index is 5.55. The van der Waals surface area contributed by atoms with Crippen LogP contribution in [-0.2, 0) is 23.2 Å². The third-order valence-corrected chi connectivity index (χ3v) is 5.96. The quantitative estimate of drug-likeness (QED) is 0.720. The fourth-order valence-electron chi connectivity index (χ4n) is 4.42. The van der Waals surface area contributed by atoms with Crippen molar-refractivity contribution in [2.45, 2.75) is 44.2 Å². The maximum atomic E-state index is 5.55. The number of tetrazole rings is 1. The van der Waals surface area contributed by atoms with Crippen molar-refractivity contribution in [2.75, 3.05) is 40.5 Å². The Bertz CT molecular complexity index is 782. The molecule has 1 aromatic heterocycles. The van der Waals surface area contributed by atoms with Gasteiger partial charge in [-0.1, -0.05) is 18.9 Å². The lowest BCUT2D eigenvalue weighted by Gasteiger charge is -2.41. The lowest BCUT2D eigenvalue weighted by molar-refractivity contribution is -0.0266. The van der Waals surface area contributed by atoms with Crippen LogP contribution in [0.25, 0.3) is 0 Å². The SMILES string of the molecule is COc1ccc(CCn2nnc(C3(N4CCOCC4)CCCC3)n2)cc1OC. The summed E-state index contributed by atoms with van der Waals surface area (Å²) in [6.45, 7) is 4.15. The van der Waals surface area contributed by atoms with Crippen molar-refractivity contribution in [3.8, 4) is 11.5 Å². The van der Waals surface area contributed by atoms with E-state index in [1.54, 1.807) is 19.0 Å². The smallest absolute Gasteiger partial charge is 0.194 e. The molecule has 4 rings (SSSR count). The molecule has 1 saturated carbocycles. The van der Waals surface area contributed by atoms with Gasteiger partial charge < -0.3 is 14.2 Å². The highest BCUT2D eigenvalue weighted by molar-refractivity contribution is 5.42. The van der Waals surface area contributed by atoms with Crippen molar-refractivity contribution in [3.63, 3.8) is 0 Å². The molecule has 0 radical (unpaired) electrons. The monoisotopic (exact) mass is 387 g/mol. The fourth-order valence-corrected chi connectivity index (χ4v) is 4.42. The van der Waals surface area contributed by atoms with E-state index in [9.17, 15) is 0 Å². The van der Waals surface area contributed by atoms with Gasteiger partial charge >= 0.3 is 0 Å². The molecule has 1 aliphatic heterocycles. The lowest BCUT2D eigenvalue weighted by atomic mass is 9.93. The molecule has 2 aromatic rings. The first-order valence-corrected chi connectivity index (χ1v) is 10.1. The van der Waals surface area contributed by atoms with E-state index in [0.29, 0.717) is 6.54 Å². The van der Waals surface area contributed by atoms with Crippen molar-refractivity contribution in [2.24, 2.45) is 0 Å². The molecule has 0 N–H and O–H groups in total. The van der Waals surface area contributed by atoms with Crippen molar-refractivity contribution >= 4 is 0 Å². The summed E-state index contributed by atoms with van der Waals surface area (Å²) in [4.78, 5) is 4.24. The van der Waals surface area contributed by atoms with E-state index in [0.717, 1.165) is 68.5 Å². The van der Waals surface area contributed by atoms with Crippen LogP contribution in [0, 0.1) is 0 Å². The minimum Gasteiger partial charge on any atom is -0.493 e. The molecule has 0 bridgehead atoms. The number of benzene rings is 1. The van der Waals surface area contributed by atoms with Gasteiger partial charge in [0.2, 0.25) is 0 Å². The van der Waals surface area contributed by atoms with Gasteiger partial charge in [-0.3, -0.25) is 4.90 Å². The zero-order valence-electron chi connectivity index (χ0n) is 16.8. The molecule has 2 fully saturated rings. The molecule has 0 atom stereocenters. The van der Waals surface area contributed by atoms with Crippen LogP contribution in [0.2, 0.25) is 0 Å². The second kappa shape index (κ2) is 8.45. The van der Waals surface area contributed by atoms with Gasteiger partial charge in [-0.15, -0.1) is 10.2 Å². The molecule has 2 heterocycles. The Balaban J connectivity index is 1.46. The van der Waals surface area contributed by atoms with Crippen molar-refractivity contribution in [1.82, 2.24) is 25.1 Å². The number of hydrogen-bond donors (Lipinski definition) is 0. The molecule has 28 heavy (non-hydrogen) atoms. The molecular formula is C20H29N5O3. The van der Waals surface area contributed by atoms with Crippen LogP contribution in [0.4, 0.5) is 0 Å². The highest BCUT2D eigenvalue weighted by atomic mass is 16.5. The Morgan fingerprint density at radius 1 is 1.07 bits per heavy atom. The number of methoxy groups -OCH3 is 2. The minimum atomic E-state index is -0.0641. The Kier molecular flexibility index (Phi) is 5.77. The summed E-state index contributed by atoms with van der Waals surface area (Å²) in [6, 6.07) is 5.98. The summed E-state index contributed by atoms with van der Waals surface area (Å²) in [5.41, 5.74) is 1.09. The summed E-state index contributed by atoms with van der Waals surface area (Å²) in [5, 5.41) is 13.6. The van der Waals surface area contributed by atoms with Gasteiger partial charge in [0.1, 0.15) is 0 Å². The first kappa shape index (κ1) is 19.1. The molecule has 152 valence electrons. The summed E-state index contributed by atoms with van der Waals surface area (Å²) >= 11 is 0. The number of rotatable bonds is 7. The number of hydrogen-bond acceptors (Lipinski definition) is 7. The molecule has 0 amide bonds. The van der Waals surface area contributed by atoms with Gasteiger partial charge in [-0.25, -0.2) is 0 Å². The van der Waals surface area contributed by atoms with Crippen LogP contribution >= 0.6 is 0 Å². The molecule has 1 saturated heterocycles. The zero-order chi connectivity index (χ0) is 19.4. The molecule has 0 unspecified atom stereocenters. The van der Waals surface area contributed by atoms with Crippen molar-refractivity contribution in [3.05, 3.63) is 29.6 Å². The Morgan fingerprint density at radius 3 is 2.54 bits per heavy atom. The van der Waals surface area contributed by atoms with E-state index < -0.39 is 0 Å². The summed E-state index contributed by atoms with van der Waals surface area (Å²) in [5.74, 6) is 2.35. The molecule has 1 aliphatic carbocycles. The van der Waals surface area contributed by atoms with Gasteiger partial charge in [-0.2, -0.15) is 4.80 Å². The van der Waals surface area contributed by atoms with Crippen LogP contribution in [0.1, 0.15) is 37.1 Å². The molecule has 2 aliphatic rings. The highest BCUT2D eigenvalue weighted by Crippen LogP contribution is 2.42. The van der Waals surface area contributed by atoms with Crippen molar-refractivity contribution in [1.29, 1.82) is 0 Å². The van der Waals surface area contributed by atoms with E-state index in [-0.39, 0.29) is 5.54 Å². The molecule has 8 heteroatoms. The summed E-state index contributed by atoms with van der Waals surface area (Å²) in [7, 11) is 3.30. The third-order valence-electron chi connectivity index (χ3n) is 5.96. The van der Waals surface area contributed by atoms with Gasteiger partial charge in [0.25, 0.3) is 0 Å². The van der Waals surface area contributed by atoms with E-state index in [1.165, 1.54) is 12.8 Å². The van der Waals surface area contributed by atoms with Crippen LogP contribution in [-0.4, -0.2) is 65.6 Å². The van der Waals surface area contributed by atoms with E-state index in [1.807, 2.05) is 18.2 Å². The first-order valence-electron chi connectivity index (χ1n) is 10.1. The predicted octanol–water partition coefficient (Wildman–Crippen LogP) is 2.03. The van der Waals surface area contributed by atoms with Gasteiger partial charge in [-0.05, 0) is 42.2 Å². The number of morpholine rings is 1. The maximum Gasteiger partial charge on any atom is 0.194 e. The number of ether oxygens (including phenoxy) is 3. The summed E-state index contributed by atoms with van der Waals surface area (Å²) < 4.78 is 16.2. The van der Waals surface area contributed by atoms with Crippen LogP contribution < -0.4 is 9.47 Å². The van der Waals surface area contributed by atoms with Crippen LogP contribution in [0.5, 0.6) is 11.5 Å². The summed E-state index contributed by atoms with van der Waals surface area (Å²) in [6.07, 6.45) is 5.46. The number of aryl methyl sites for hydroxylation is 2. The van der Waals surface area contributed by atoms with E-state index in [2.05, 4.69) is 15.2 Å². The standard InChI is InChI=1S/C20H29N5O3/c1-26-17-6-5-16(15-18(17)27-2)7-10-25-22-19(21-23-25)20(8-3-4-9-20)24-11-13-28-14-12-24/h5-6,15H,3-4,7-14H2,1-2H3. The van der Waals surface area contributed by atoms with Crippen molar-refractivity contribution < 1.29 is 14.2 Å². The lowest BCUT2D eigenvalue weighted by Crippen LogP contribution is -2.50. The Morgan fingerprint density at radius 2 is 1.82 bits per heavy atom. The normalized spacial score (nSPS) is 19.6. The van der Waals surface area contributed by atoms with Gasteiger partial charge in [0.15, 0.2) is 17.3 Å². The first-order chi connectivity index (χ1) is 13.7. The molecule has 1 aromatic carbocycles. The van der Waals surface area contributed by atoms with Crippen LogP contribution in [0.3, 0.4) is 0 Å². The average molecular weight is 387 g/mol. The van der Waals surface area contributed by atoms with Gasteiger partial charge in [0, 0.05) is 13.1 Å². The average Bonchev–Trinajstić information content (AvgIpc) is 3.43.